The highest BCUT2D eigenvalue weighted by molar-refractivity contribution is 5.99. The van der Waals surface area contributed by atoms with Gasteiger partial charge in [0.15, 0.2) is 0 Å². The zero-order chi connectivity index (χ0) is 33.6. The van der Waals surface area contributed by atoms with Gasteiger partial charge in [-0.15, -0.1) is 0 Å². The van der Waals surface area contributed by atoms with E-state index in [4.69, 9.17) is 9.47 Å². The van der Waals surface area contributed by atoms with Crippen LogP contribution in [0.15, 0.2) is 18.2 Å². The van der Waals surface area contributed by atoms with Crippen LogP contribution in [0.2, 0.25) is 0 Å². The van der Waals surface area contributed by atoms with Crippen molar-refractivity contribution in [2.75, 3.05) is 81.1 Å². The molecule has 3 rings (SSSR count). The number of piperazine rings is 1. The number of likely N-dealkylation sites (N-methyl/N-ethyl adjacent to an activating group) is 4. The first-order valence-corrected chi connectivity index (χ1v) is 15.1. The molecule has 0 saturated carbocycles. The Kier molecular flexibility index (Phi) is 11.8. The summed E-state index contributed by atoms with van der Waals surface area (Å²) >= 11 is 0. The molecule has 14 heteroatoms. The molecule has 0 radical (unpaired) electrons. The third kappa shape index (κ3) is 9.52. The van der Waals surface area contributed by atoms with Gasteiger partial charge >= 0.3 is 6.09 Å². The number of hydrogen-bond acceptors (Lipinski definition) is 8. The summed E-state index contributed by atoms with van der Waals surface area (Å²) in [7, 11) is 8.33. The van der Waals surface area contributed by atoms with Crippen molar-refractivity contribution in [2.24, 2.45) is 0 Å². The van der Waals surface area contributed by atoms with Crippen molar-refractivity contribution >= 4 is 29.7 Å². The van der Waals surface area contributed by atoms with Gasteiger partial charge in [-0.1, -0.05) is 0 Å². The van der Waals surface area contributed by atoms with Crippen molar-refractivity contribution in [3.8, 4) is 5.75 Å². The molecule has 1 fully saturated rings. The first kappa shape index (κ1) is 35.5. The molecule has 1 aromatic rings. The summed E-state index contributed by atoms with van der Waals surface area (Å²) in [5, 5.41) is 0. The van der Waals surface area contributed by atoms with E-state index in [1.165, 1.54) is 39.8 Å². The number of ether oxygens (including phenoxy) is 2. The Morgan fingerprint density at radius 2 is 1.73 bits per heavy atom. The van der Waals surface area contributed by atoms with E-state index in [-0.39, 0.29) is 74.7 Å². The first-order valence-electron chi connectivity index (χ1n) is 15.1. The maximum absolute atomic E-state index is 14.5. The van der Waals surface area contributed by atoms with Crippen molar-refractivity contribution in [2.45, 2.75) is 51.3 Å². The normalized spacial score (nSPS) is 20.6. The molecule has 2 heterocycles. The number of rotatable bonds is 4. The minimum Gasteiger partial charge on any atom is -0.491 e. The number of fused-ring (bicyclic) bond motifs is 2. The third-order valence-corrected chi connectivity index (χ3v) is 7.82. The van der Waals surface area contributed by atoms with Crippen molar-refractivity contribution in [3.63, 3.8) is 0 Å². The second kappa shape index (κ2) is 14.9. The Morgan fingerprint density at radius 1 is 1.04 bits per heavy atom. The average molecular weight is 635 g/mol. The summed E-state index contributed by atoms with van der Waals surface area (Å²) in [6.45, 7) is 6.36. The maximum Gasteiger partial charge on any atom is 0.410 e. The van der Waals surface area contributed by atoms with E-state index in [1.54, 1.807) is 32.7 Å². The lowest BCUT2D eigenvalue weighted by molar-refractivity contribution is -0.143. The lowest BCUT2D eigenvalue weighted by Crippen LogP contribution is -2.60. The van der Waals surface area contributed by atoms with Gasteiger partial charge in [0.1, 0.15) is 29.8 Å². The second-order valence-electron chi connectivity index (χ2n) is 12.9. The molecule has 2 aliphatic heterocycles. The highest BCUT2D eigenvalue weighted by Crippen LogP contribution is 2.25. The van der Waals surface area contributed by atoms with Gasteiger partial charge in [-0.05, 0) is 59.5 Å². The summed E-state index contributed by atoms with van der Waals surface area (Å²) in [5.74, 6) is -2.37. The van der Waals surface area contributed by atoms with Crippen LogP contribution in [-0.4, -0.2) is 158 Å². The fraction of sp³-hybridized carbons (Fsp3) is 0.645. The summed E-state index contributed by atoms with van der Waals surface area (Å²) in [5.41, 5.74) is -0.830. The first-order chi connectivity index (χ1) is 21.0. The minimum absolute atomic E-state index is 0.00651. The number of halogens is 1. The second-order valence-corrected chi connectivity index (χ2v) is 12.9. The van der Waals surface area contributed by atoms with Gasteiger partial charge in [-0.25, -0.2) is 9.18 Å². The molecule has 2 atom stereocenters. The smallest absolute Gasteiger partial charge is 0.410 e. The fourth-order valence-corrected chi connectivity index (χ4v) is 5.16. The Hall–Kier alpha value is -3.94. The molecule has 0 spiro atoms. The Morgan fingerprint density at radius 3 is 2.38 bits per heavy atom. The lowest BCUT2D eigenvalue weighted by atomic mass is 10.1. The molecule has 5 amide bonds. The van der Waals surface area contributed by atoms with Crippen LogP contribution in [-0.2, 0) is 19.1 Å². The van der Waals surface area contributed by atoms with E-state index in [9.17, 15) is 28.4 Å². The fourth-order valence-electron chi connectivity index (χ4n) is 5.16. The Bertz CT molecular complexity index is 1270. The van der Waals surface area contributed by atoms with Crippen LogP contribution in [0.5, 0.6) is 5.75 Å². The highest BCUT2D eigenvalue weighted by atomic mass is 19.1. The van der Waals surface area contributed by atoms with E-state index >= 15 is 0 Å². The largest absolute Gasteiger partial charge is 0.491 e. The van der Waals surface area contributed by atoms with E-state index in [1.807, 2.05) is 19.0 Å². The minimum atomic E-state index is -1.03. The molecule has 45 heavy (non-hydrogen) atoms. The van der Waals surface area contributed by atoms with Crippen molar-refractivity contribution in [1.29, 1.82) is 0 Å². The lowest BCUT2D eigenvalue weighted by Gasteiger charge is -2.41. The number of benzene rings is 1. The molecule has 2 aliphatic rings. The average Bonchev–Trinajstić information content (AvgIpc) is 2.96. The molecule has 13 nitrogen and oxygen atoms in total. The number of carbonyl (C=O) groups excluding carboxylic acids is 5. The summed E-state index contributed by atoms with van der Waals surface area (Å²) in [4.78, 5) is 76.0. The van der Waals surface area contributed by atoms with Crippen LogP contribution in [0.25, 0.3) is 0 Å². The molecule has 1 aromatic carbocycles. The Balaban J connectivity index is 1.98. The van der Waals surface area contributed by atoms with Gasteiger partial charge in [0.05, 0.1) is 18.2 Å². The molecule has 0 unspecified atom stereocenters. The SMILES string of the molecule is CN(C)CCN(C)C(=O)[C@@H]1CCC(=O)N(C)CC(=O)N2CCN(C(=O)OC(C)(C)C)C[C@H]2COc2ccc(F)cc2C(=O)N1C. The number of carbonyl (C=O) groups is 5. The van der Waals surface area contributed by atoms with Crippen LogP contribution in [0.1, 0.15) is 44.0 Å². The van der Waals surface area contributed by atoms with Crippen molar-refractivity contribution in [1.82, 2.24) is 29.4 Å². The summed E-state index contributed by atoms with van der Waals surface area (Å²) in [6.07, 6.45) is -0.655. The van der Waals surface area contributed by atoms with Gasteiger partial charge in [-0.2, -0.15) is 0 Å². The number of nitrogens with zero attached hydrogens (tertiary/aromatic N) is 6. The monoisotopic (exact) mass is 634 g/mol. The predicted molar refractivity (Wildman–Crippen MR) is 164 cm³/mol. The van der Waals surface area contributed by atoms with E-state index in [0.29, 0.717) is 13.1 Å². The number of hydrogen-bond donors (Lipinski definition) is 0. The third-order valence-electron chi connectivity index (χ3n) is 7.82. The Labute approximate surface area is 264 Å². The van der Waals surface area contributed by atoms with E-state index < -0.39 is 35.5 Å². The van der Waals surface area contributed by atoms with E-state index in [2.05, 4.69) is 0 Å². The molecule has 0 aromatic heterocycles. The molecular weight excluding hydrogens is 587 g/mol. The zero-order valence-corrected chi connectivity index (χ0v) is 27.7. The van der Waals surface area contributed by atoms with Crippen LogP contribution >= 0.6 is 0 Å². The van der Waals surface area contributed by atoms with Crippen LogP contribution in [0.4, 0.5) is 9.18 Å². The molecule has 1 saturated heterocycles. The van der Waals surface area contributed by atoms with Crippen molar-refractivity contribution in [3.05, 3.63) is 29.6 Å². The number of amides is 5. The van der Waals surface area contributed by atoms with Crippen LogP contribution in [0, 0.1) is 5.82 Å². The molecular formula is C31H47FN6O7. The van der Waals surface area contributed by atoms with Gasteiger partial charge in [0, 0.05) is 60.3 Å². The molecule has 0 bridgehead atoms. The van der Waals surface area contributed by atoms with Crippen molar-refractivity contribution < 1.29 is 37.8 Å². The quantitative estimate of drug-likeness (QED) is 0.487. The van der Waals surface area contributed by atoms with Crippen LogP contribution in [0.3, 0.4) is 0 Å². The van der Waals surface area contributed by atoms with Gasteiger partial charge < -0.3 is 38.9 Å². The van der Waals surface area contributed by atoms with Gasteiger partial charge in [0.25, 0.3) is 5.91 Å². The zero-order valence-electron chi connectivity index (χ0n) is 27.7. The standard InChI is InChI=1S/C31H47FN6O7/c1-31(2,3)45-30(43)37-15-16-38-22(18-37)20-44-25-11-9-21(32)17-23(25)28(41)36(8)24(29(42)34(6)14-13-33(4)5)10-12-26(39)35(7)19-27(38)40/h9,11,17,22,24H,10,12-16,18-20H2,1-8H3/t22-,24-/m0/s1. The van der Waals surface area contributed by atoms with Crippen LogP contribution < -0.4 is 4.74 Å². The van der Waals surface area contributed by atoms with Gasteiger partial charge in [0.2, 0.25) is 17.7 Å². The summed E-state index contributed by atoms with van der Waals surface area (Å²) < 4.78 is 26.1. The topological polar surface area (TPSA) is 123 Å². The predicted octanol–water partition coefficient (Wildman–Crippen LogP) is 1.37. The maximum atomic E-state index is 14.5. The molecule has 250 valence electrons. The molecule has 0 aliphatic carbocycles. The highest BCUT2D eigenvalue weighted by Gasteiger charge is 2.37. The van der Waals surface area contributed by atoms with E-state index in [0.717, 1.165) is 12.1 Å². The molecule has 0 N–H and O–H groups in total. The summed E-state index contributed by atoms with van der Waals surface area (Å²) in [6, 6.07) is 1.83. The van der Waals surface area contributed by atoms with Gasteiger partial charge in [-0.3, -0.25) is 19.2 Å².